The average molecular weight is 367 g/mol. The lowest BCUT2D eigenvalue weighted by Gasteiger charge is -2.26. The number of guanidine groups is 1. The Morgan fingerprint density at radius 2 is 1.88 bits per heavy atom. The summed E-state index contributed by atoms with van der Waals surface area (Å²) in [6, 6.07) is 7.97. The van der Waals surface area contributed by atoms with E-state index in [4.69, 9.17) is 11.6 Å². The highest BCUT2D eigenvalue weighted by molar-refractivity contribution is 6.30. The van der Waals surface area contributed by atoms with Gasteiger partial charge in [0.2, 0.25) is 5.91 Å². The van der Waals surface area contributed by atoms with Crippen LogP contribution in [0.1, 0.15) is 33.3 Å². The monoisotopic (exact) mass is 366 g/mol. The molecule has 25 heavy (non-hydrogen) atoms. The Bertz CT molecular complexity index is 585. The van der Waals surface area contributed by atoms with E-state index < -0.39 is 0 Å². The van der Waals surface area contributed by atoms with Crippen LogP contribution in [-0.2, 0) is 11.2 Å². The maximum Gasteiger partial charge on any atom is 0.222 e. The summed E-state index contributed by atoms with van der Waals surface area (Å²) in [4.78, 5) is 15.7. The predicted octanol–water partition coefficient (Wildman–Crippen LogP) is 2.85. The Morgan fingerprint density at radius 3 is 2.48 bits per heavy atom. The molecule has 0 aromatic heterocycles. The topological polar surface area (TPSA) is 65.5 Å². The van der Waals surface area contributed by atoms with Gasteiger partial charge in [-0.15, -0.1) is 0 Å². The molecule has 0 atom stereocenters. The quantitative estimate of drug-likeness (QED) is 0.376. The number of hydrogen-bond acceptors (Lipinski definition) is 2. The molecule has 0 aliphatic carbocycles. The second-order valence-electron chi connectivity index (χ2n) is 7.27. The zero-order valence-corrected chi connectivity index (χ0v) is 16.7. The lowest BCUT2D eigenvalue weighted by molar-refractivity contribution is -0.123. The molecule has 0 unspecified atom stereocenters. The SMILES string of the molecule is CN=C(NCCNC(=O)C(C)C)NCC(C)(C)Cc1cccc(Cl)c1. The van der Waals surface area contributed by atoms with E-state index in [9.17, 15) is 4.79 Å². The summed E-state index contributed by atoms with van der Waals surface area (Å²) in [7, 11) is 1.74. The van der Waals surface area contributed by atoms with E-state index >= 15 is 0 Å². The first-order chi connectivity index (χ1) is 11.7. The Hall–Kier alpha value is -1.75. The Morgan fingerprint density at radius 1 is 1.20 bits per heavy atom. The van der Waals surface area contributed by atoms with Crippen molar-refractivity contribution in [2.24, 2.45) is 16.3 Å². The smallest absolute Gasteiger partial charge is 0.222 e. The summed E-state index contributed by atoms with van der Waals surface area (Å²) in [5.74, 6) is 0.801. The molecule has 0 aliphatic rings. The predicted molar refractivity (Wildman–Crippen MR) is 106 cm³/mol. The number of nitrogens with one attached hydrogen (secondary N) is 3. The van der Waals surface area contributed by atoms with Crippen molar-refractivity contribution in [2.45, 2.75) is 34.1 Å². The molecule has 5 nitrogen and oxygen atoms in total. The molecular weight excluding hydrogens is 336 g/mol. The van der Waals surface area contributed by atoms with Crippen molar-refractivity contribution < 1.29 is 4.79 Å². The van der Waals surface area contributed by atoms with Gasteiger partial charge in [0, 0.05) is 37.6 Å². The van der Waals surface area contributed by atoms with Crippen LogP contribution < -0.4 is 16.0 Å². The highest BCUT2D eigenvalue weighted by atomic mass is 35.5. The molecule has 140 valence electrons. The number of hydrogen-bond donors (Lipinski definition) is 3. The van der Waals surface area contributed by atoms with Gasteiger partial charge in [0.25, 0.3) is 0 Å². The molecular formula is C19H31ClN4O. The fraction of sp³-hybridized carbons (Fsp3) is 0.579. The Labute approximate surface area is 156 Å². The van der Waals surface area contributed by atoms with Crippen LogP contribution in [0.3, 0.4) is 0 Å². The number of nitrogens with zero attached hydrogens (tertiary/aromatic N) is 1. The van der Waals surface area contributed by atoms with Crippen molar-refractivity contribution in [3.05, 3.63) is 34.9 Å². The summed E-state index contributed by atoms with van der Waals surface area (Å²) in [5, 5.41) is 10.2. The molecule has 0 fully saturated rings. The molecule has 6 heteroatoms. The normalized spacial score (nSPS) is 12.2. The highest BCUT2D eigenvalue weighted by Gasteiger charge is 2.19. The second kappa shape index (κ2) is 10.3. The molecule has 0 radical (unpaired) electrons. The molecule has 1 amide bonds. The van der Waals surface area contributed by atoms with Gasteiger partial charge in [-0.3, -0.25) is 9.79 Å². The van der Waals surface area contributed by atoms with E-state index in [1.54, 1.807) is 7.05 Å². The fourth-order valence-electron chi connectivity index (χ4n) is 2.38. The summed E-state index contributed by atoms with van der Waals surface area (Å²) in [6.07, 6.45) is 0.919. The van der Waals surface area contributed by atoms with Crippen LogP contribution >= 0.6 is 11.6 Å². The van der Waals surface area contributed by atoms with Gasteiger partial charge in [-0.25, -0.2) is 0 Å². The van der Waals surface area contributed by atoms with E-state index in [0.29, 0.717) is 13.1 Å². The average Bonchev–Trinajstić information content (AvgIpc) is 2.53. The van der Waals surface area contributed by atoms with Gasteiger partial charge in [-0.1, -0.05) is 51.4 Å². The number of rotatable bonds is 8. The number of carbonyl (C=O) groups is 1. The van der Waals surface area contributed by atoms with Gasteiger partial charge in [0.15, 0.2) is 5.96 Å². The van der Waals surface area contributed by atoms with Crippen molar-refractivity contribution in [2.75, 3.05) is 26.7 Å². The standard InChI is InChI=1S/C19H31ClN4O/c1-14(2)17(25)22-9-10-23-18(21-5)24-13-19(3,4)12-15-7-6-8-16(20)11-15/h6-8,11,14H,9-10,12-13H2,1-5H3,(H,22,25)(H2,21,23,24). The summed E-state index contributed by atoms with van der Waals surface area (Å²) >= 11 is 6.06. The zero-order chi connectivity index (χ0) is 18.9. The third-order valence-electron chi connectivity index (χ3n) is 3.77. The third-order valence-corrected chi connectivity index (χ3v) is 4.01. The van der Waals surface area contributed by atoms with Crippen LogP contribution in [0, 0.1) is 11.3 Å². The molecule has 0 aliphatic heterocycles. The van der Waals surface area contributed by atoms with Gasteiger partial charge in [0.05, 0.1) is 0 Å². The third kappa shape index (κ3) is 8.77. The molecule has 1 aromatic carbocycles. The first kappa shape index (κ1) is 21.3. The minimum atomic E-state index is 0.00438. The van der Waals surface area contributed by atoms with Crippen LogP contribution in [0.5, 0.6) is 0 Å². The minimum Gasteiger partial charge on any atom is -0.356 e. The molecule has 0 saturated heterocycles. The second-order valence-corrected chi connectivity index (χ2v) is 7.71. The van der Waals surface area contributed by atoms with Gasteiger partial charge >= 0.3 is 0 Å². The molecule has 1 rings (SSSR count). The van der Waals surface area contributed by atoms with Crippen molar-refractivity contribution in [1.29, 1.82) is 0 Å². The maximum absolute atomic E-state index is 11.5. The molecule has 0 saturated carbocycles. The van der Waals surface area contributed by atoms with Crippen LogP contribution in [0.15, 0.2) is 29.3 Å². The van der Waals surface area contributed by atoms with Gasteiger partial charge < -0.3 is 16.0 Å². The first-order valence-electron chi connectivity index (χ1n) is 8.70. The van der Waals surface area contributed by atoms with E-state index in [1.165, 1.54) is 5.56 Å². The summed E-state index contributed by atoms with van der Waals surface area (Å²) in [6.45, 7) is 10.2. The van der Waals surface area contributed by atoms with E-state index in [2.05, 4.69) is 40.9 Å². The number of benzene rings is 1. The molecule has 1 aromatic rings. The molecule has 0 spiro atoms. The maximum atomic E-state index is 11.5. The van der Waals surface area contributed by atoms with Crippen molar-refractivity contribution in [3.63, 3.8) is 0 Å². The van der Waals surface area contributed by atoms with E-state index in [0.717, 1.165) is 23.9 Å². The van der Waals surface area contributed by atoms with Crippen molar-refractivity contribution in [1.82, 2.24) is 16.0 Å². The zero-order valence-electron chi connectivity index (χ0n) is 15.9. The number of halogens is 1. The van der Waals surface area contributed by atoms with Gasteiger partial charge in [-0.05, 0) is 29.5 Å². The van der Waals surface area contributed by atoms with E-state index in [-0.39, 0.29) is 17.2 Å². The van der Waals surface area contributed by atoms with Crippen molar-refractivity contribution >= 4 is 23.5 Å². The van der Waals surface area contributed by atoms with Crippen molar-refractivity contribution in [3.8, 4) is 0 Å². The summed E-state index contributed by atoms with van der Waals surface area (Å²) < 4.78 is 0. The first-order valence-corrected chi connectivity index (χ1v) is 9.08. The Kier molecular flexibility index (Phi) is 8.76. The summed E-state index contributed by atoms with van der Waals surface area (Å²) in [5.41, 5.74) is 1.27. The van der Waals surface area contributed by atoms with Crippen LogP contribution in [0.4, 0.5) is 0 Å². The lowest BCUT2D eigenvalue weighted by Crippen LogP contribution is -2.45. The lowest BCUT2D eigenvalue weighted by atomic mass is 9.86. The molecule has 3 N–H and O–H groups in total. The molecule has 0 heterocycles. The van der Waals surface area contributed by atoms with Crippen LogP contribution in [0.2, 0.25) is 5.02 Å². The van der Waals surface area contributed by atoms with Gasteiger partial charge in [-0.2, -0.15) is 0 Å². The van der Waals surface area contributed by atoms with E-state index in [1.807, 2.05) is 32.0 Å². The fourth-order valence-corrected chi connectivity index (χ4v) is 2.59. The largest absolute Gasteiger partial charge is 0.356 e. The Balaban J connectivity index is 2.38. The van der Waals surface area contributed by atoms with Gasteiger partial charge in [0.1, 0.15) is 0 Å². The van der Waals surface area contributed by atoms with Crippen LogP contribution in [0.25, 0.3) is 0 Å². The molecule has 0 bridgehead atoms. The minimum absolute atomic E-state index is 0.00438. The highest BCUT2D eigenvalue weighted by Crippen LogP contribution is 2.22. The number of carbonyl (C=O) groups excluding carboxylic acids is 1. The van der Waals surface area contributed by atoms with Crippen LogP contribution in [-0.4, -0.2) is 38.5 Å². The number of amides is 1. The number of aliphatic imine (C=N–C) groups is 1.